The number of amides is 1. The molecule has 0 spiro atoms. The Hall–Kier alpha value is -1.35. The lowest BCUT2D eigenvalue weighted by Crippen LogP contribution is -2.49. The van der Waals surface area contributed by atoms with Gasteiger partial charge in [-0.2, -0.15) is 0 Å². The standard InChI is InChI=1S/C26H43N5O.HI/c1-4-27-26(29-19-24(21(2)3)30-15-9-5-6-10-16-30)28-18-22-12-7-8-13-23(22)20-31-17-11-14-25(31)32;/h7-8,12-13,21,24H,4-6,9-11,14-20H2,1-3H3,(H2,27,28,29);1H. The van der Waals surface area contributed by atoms with Crippen LogP contribution in [0.15, 0.2) is 29.3 Å². The smallest absolute Gasteiger partial charge is 0.222 e. The predicted molar refractivity (Wildman–Crippen MR) is 148 cm³/mol. The summed E-state index contributed by atoms with van der Waals surface area (Å²) in [4.78, 5) is 21.6. The second-order valence-electron chi connectivity index (χ2n) is 9.53. The molecule has 2 saturated heterocycles. The molecule has 2 heterocycles. The lowest BCUT2D eigenvalue weighted by Gasteiger charge is -2.34. The zero-order valence-electron chi connectivity index (χ0n) is 20.8. The van der Waals surface area contributed by atoms with Crippen molar-refractivity contribution in [3.05, 3.63) is 35.4 Å². The van der Waals surface area contributed by atoms with E-state index >= 15 is 0 Å². The van der Waals surface area contributed by atoms with Gasteiger partial charge in [-0.3, -0.25) is 9.69 Å². The number of aliphatic imine (C=N–C) groups is 1. The minimum atomic E-state index is 0. The number of nitrogens with zero attached hydrogens (tertiary/aromatic N) is 3. The van der Waals surface area contributed by atoms with Crippen molar-refractivity contribution >= 4 is 35.8 Å². The highest BCUT2D eigenvalue weighted by atomic mass is 127. The summed E-state index contributed by atoms with van der Waals surface area (Å²) in [6.45, 7) is 13.1. The van der Waals surface area contributed by atoms with E-state index in [-0.39, 0.29) is 29.9 Å². The number of guanidine groups is 1. The fourth-order valence-electron chi connectivity index (χ4n) is 4.86. The molecule has 0 aliphatic carbocycles. The molecule has 0 bridgehead atoms. The molecular weight excluding hydrogens is 525 g/mol. The van der Waals surface area contributed by atoms with Gasteiger partial charge < -0.3 is 15.5 Å². The van der Waals surface area contributed by atoms with Crippen LogP contribution in [-0.4, -0.2) is 60.4 Å². The van der Waals surface area contributed by atoms with Crippen molar-refractivity contribution in [1.82, 2.24) is 20.4 Å². The van der Waals surface area contributed by atoms with Crippen LogP contribution < -0.4 is 10.6 Å². The molecule has 0 saturated carbocycles. The van der Waals surface area contributed by atoms with E-state index in [4.69, 9.17) is 4.99 Å². The summed E-state index contributed by atoms with van der Waals surface area (Å²) in [7, 11) is 0. The Morgan fingerprint density at radius 3 is 2.30 bits per heavy atom. The molecule has 7 heteroatoms. The van der Waals surface area contributed by atoms with Gasteiger partial charge in [-0.05, 0) is 56.3 Å². The first kappa shape index (κ1) is 27.9. The number of carbonyl (C=O) groups excluding carboxylic acids is 1. The first-order chi connectivity index (χ1) is 15.6. The summed E-state index contributed by atoms with van der Waals surface area (Å²) in [6.07, 6.45) is 7.01. The van der Waals surface area contributed by atoms with Crippen LogP contribution in [0.25, 0.3) is 0 Å². The second-order valence-corrected chi connectivity index (χ2v) is 9.53. The highest BCUT2D eigenvalue weighted by Crippen LogP contribution is 2.19. The molecule has 1 aromatic rings. The molecule has 2 N–H and O–H groups in total. The molecule has 1 aromatic carbocycles. The molecule has 1 unspecified atom stereocenters. The number of rotatable bonds is 9. The van der Waals surface area contributed by atoms with Crippen LogP contribution in [-0.2, 0) is 17.9 Å². The zero-order chi connectivity index (χ0) is 22.8. The third-order valence-electron chi connectivity index (χ3n) is 6.76. The van der Waals surface area contributed by atoms with Crippen LogP contribution in [0.1, 0.15) is 70.4 Å². The number of halogens is 1. The number of nitrogens with one attached hydrogen (secondary N) is 2. The van der Waals surface area contributed by atoms with Gasteiger partial charge in [-0.25, -0.2) is 4.99 Å². The number of benzene rings is 1. The fraction of sp³-hybridized carbons (Fsp3) is 0.692. The van der Waals surface area contributed by atoms with E-state index < -0.39 is 0 Å². The molecule has 0 aromatic heterocycles. The molecule has 1 atom stereocenters. The second kappa shape index (κ2) is 14.8. The molecule has 3 rings (SSSR count). The predicted octanol–water partition coefficient (Wildman–Crippen LogP) is 4.38. The maximum atomic E-state index is 12.1. The van der Waals surface area contributed by atoms with E-state index in [9.17, 15) is 4.79 Å². The molecule has 2 aliphatic heterocycles. The minimum absolute atomic E-state index is 0. The van der Waals surface area contributed by atoms with Crippen LogP contribution in [0, 0.1) is 5.92 Å². The van der Waals surface area contributed by atoms with Gasteiger partial charge in [0.1, 0.15) is 0 Å². The fourth-order valence-corrected chi connectivity index (χ4v) is 4.86. The molecule has 2 aliphatic rings. The normalized spacial score (nSPS) is 18.7. The Balaban J connectivity index is 0.00000385. The lowest BCUT2D eigenvalue weighted by molar-refractivity contribution is -0.128. The third-order valence-corrected chi connectivity index (χ3v) is 6.76. The van der Waals surface area contributed by atoms with E-state index in [0.717, 1.165) is 32.0 Å². The van der Waals surface area contributed by atoms with E-state index in [0.29, 0.717) is 31.5 Å². The van der Waals surface area contributed by atoms with Gasteiger partial charge >= 0.3 is 0 Å². The highest BCUT2D eigenvalue weighted by molar-refractivity contribution is 14.0. The molecule has 2 fully saturated rings. The summed E-state index contributed by atoms with van der Waals surface area (Å²) in [5, 5.41) is 7.04. The molecule has 0 radical (unpaired) electrons. The van der Waals surface area contributed by atoms with Crippen LogP contribution >= 0.6 is 24.0 Å². The summed E-state index contributed by atoms with van der Waals surface area (Å²) in [5.41, 5.74) is 2.39. The lowest BCUT2D eigenvalue weighted by atomic mass is 10.0. The molecule has 186 valence electrons. The van der Waals surface area contributed by atoms with Gasteiger partial charge in [0.25, 0.3) is 0 Å². The highest BCUT2D eigenvalue weighted by Gasteiger charge is 2.23. The van der Waals surface area contributed by atoms with Gasteiger partial charge in [-0.15, -0.1) is 24.0 Å². The Morgan fingerprint density at radius 2 is 1.70 bits per heavy atom. The van der Waals surface area contributed by atoms with Crippen molar-refractivity contribution in [3.8, 4) is 0 Å². The van der Waals surface area contributed by atoms with Crippen molar-refractivity contribution in [3.63, 3.8) is 0 Å². The summed E-state index contributed by atoms with van der Waals surface area (Å²) in [5.74, 6) is 1.74. The zero-order valence-corrected chi connectivity index (χ0v) is 23.1. The quantitative estimate of drug-likeness (QED) is 0.263. The van der Waals surface area contributed by atoms with Gasteiger partial charge in [0.15, 0.2) is 5.96 Å². The number of likely N-dealkylation sites (tertiary alicyclic amines) is 2. The summed E-state index contributed by atoms with van der Waals surface area (Å²) < 4.78 is 0. The number of carbonyl (C=O) groups is 1. The maximum Gasteiger partial charge on any atom is 0.222 e. The van der Waals surface area contributed by atoms with Gasteiger partial charge in [0.2, 0.25) is 5.91 Å². The average molecular weight is 570 g/mol. The topological polar surface area (TPSA) is 60.0 Å². The van der Waals surface area contributed by atoms with Gasteiger partial charge in [0, 0.05) is 38.6 Å². The maximum absolute atomic E-state index is 12.1. The molecule has 6 nitrogen and oxygen atoms in total. The molecule has 1 amide bonds. The van der Waals surface area contributed by atoms with Crippen LogP contribution in [0.5, 0.6) is 0 Å². The Morgan fingerprint density at radius 1 is 1.00 bits per heavy atom. The average Bonchev–Trinajstić information content (AvgIpc) is 3.01. The Bertz CT molecular complexity index is 746. The number of hydrogen-bond acceptors (Lipinski definition) is 3. The molecular formula is C26H44IN5O. The van der Waals surface area contributed by atoms with Crippen LogP contribution in [0.2, 0.25) is 0 Å². The summed E-state index contributed by atoms with van der Waals surface area (Å²) in [6, 6.07) is 8.91. The van der Waals surface area contributed by atoms with E-state index in [1.54, 1.807) is 0 Å². The number of hydrogen-bond donors (Lipinski definition) is 2. The largest absolute Gasteiger partial charge is 0.357 e. The minimum Gasteiger partial charge on any atom is -0.357 e. The van der Waals surface area contributed by atoms with Gasteiger partial charge in [-0.1, -0.05) is 51.0 Å². The SMILES string of the molecule is CCNC(=NCc1ccccc1CN1CCCC1=O)NCC(C(C)C)N1CCCCCC1.I. The van der Waals surface area contributed by atoms with Crippen molar-refractivity contribution < 1.29 is 4.79 Å². The van der Waals surface area contributed by atoms with Crippen molar-refractivity contribution in [1.29, 1.82) is 0 Å². The van der Waals surface area contributed by atoms with Crippen molar-refractivity contribution in [2.24, 2.45) is 10.9 Å². The van der Waals surface area contributed by atoms with Gasteiger partial charge in [0.05, 0.1) is 6.54 Å². The first-order valence-corrected chi connectivity index (χ1v) is 12.7. The molecule has 33 heavy (non-hydrogen) atoms. The summed E-state index contributed by atoms with van der Waals surface area (Å²) >= 11 is 0. The van der Waals surface area contributed by atoms with E-state index in [1.807, 2.05) is 4.90 Å². The van der Waals surface area contributed by atoms with Crippen molar-refractivity contribution in [2.75, 3.05) is 32.7 Å². The van der Waals surface area contributed by atoms with Crippen molar-refractivity contribution in [2.45, 2.75) is 78.4 Å². The monoisotopic (exact) mass is 569 g/mol. The van der Waals surface area contributed by atoms with Crippen LogP contribution in [0.4, 0.5) is 0 Å². The van der Waals surface area contributed by atoms with E-state index in [2.05, 4.69) is 60.6 Å². The Labute approximate surface area is 218 Å². The third kappa shape index (κ3) is 8.74. The Kier molecular flexibility index (Phi) is 12.5. The van der Waals surface area contributed by atoms with Crippen LogP contribution in [0.3, 0.4) is 0 Å². The van der Waals surface area contributed by atoms with E-state index in [1.165, 1.54) is 49.9 Å². The first-order valence-electron chi connectivity index (χ1n) is 12.7.